The number of rotatable bonds is 4. The quantitative estimate of drug-likeness (QED) is 0.293. The summed E-state index contributed by atoms with van der Waals surface area (Å²) < 4.78 is 41.8. The number of aryl methyl sites for hydroxylation is 2. The number of halogens is 3. The van der Waals surface area contributed by atoms with Crippen LogP contribution in [0.4, 0.5) is 19.0 Å². The first kappa shape index (κ1) is 33.9. The Kier molecular flexibility index (Phi) is 8.42. The summed E-state index contributed by atoms with van der Waals surface area (Å²) >= 11 is 0. The van der Waals surface area contributed by atoms with Gasteiger partial charge in [-0.1, -0.05) is 12.1 Å². The van der Waals surface area contributed by atoms with Gasteiger partial charge in [0, 0.05) is 54.7 Å². The van der Waals surface area contributed by atoms with Gasteiger partial charge in [0.05, 0.1) is 16.9 Å². The van der Waals surface area contributed by atoms with Gasteiger partial charge in [0.25, 0.3) is 0 Å². The van der Waals surface area contributed by atoms with Crippen molar-refractivity contribution in [3.8, 4) is 11.3 Å². The summed E-state index contributed by atoms with van der Waals surface area (Å²) in [4.78, 5) is 72.4. The minimum Gasteiger partial charge on any atom is -0.355 e. The Morgan fingerprint density at radius 1 is 1.08 bits per heavy atom. The minimum atomic E-state index is -4.73. The third kappa shape index (κ3) is 6.45. The number of aromatic nitrogens is 6. The molecule has 4 aromatic rings. The van der Waals surface area contributed by atoms with Crippen LogP contribution in [0.5, 0.6) is 0 Å². The van der Waals surface area contributed by atoms with Gasteiger partial charge in [-0.2, -0.15) is 18.3 Å². The Labute approximate surface area is 289 Å². The van der Waals surface area contributed by atoms with Gasteiger partial charge in [-0.05, 0) is 63.3 Å². The highest BCUT2D eigenvalue weighted by atomic mass is 19.4. The highest BCUT2D eigenvalue weighted by Gasteiger charge is 2.67. The van der Waals surface area contributed by atoms with Crippen molar-refractivity contribution in [2.24, 2.45) is 5.41 Å². The number of pyridine rings is 2. The molecular weight excluding hydrogens is 667 g/mol. The standard InChI is InChI=1S/C35H34F3N9O4/c1-18-9-10-26(35(36,37)38)43-32(18)44-33(51)25-12-34-13-27(34)47(25)29(50)16-46-31-22(30(45-46)19(2)48)11-24(21-14-39-20(3)40-15-21)42-23(31)7-5-4-6-8-28(49)41-17-34/h5,7,9-11,14-15,25,27H,4,6,8,12-13,16-17H2,1-3H3,(H,41,49)(H,43,44,51)/b7-5-/t25-,27+,34-/m0/s1. The van der Waals surface area contributed by atoms with Crippen molar-refractivity contribution >= 4 is 46.3 Å². The summed E-state index contributed by atoms with van der Waals surface area (Å²) in [7, 11) is 0. The molecule has 3 amide bonds. The molecule has 0 radical (unpaired) electrons. The van der Waals surface area contributed by atoms with Crippen LogP contribution < -0.4 is 10.6 Å². The molecule has 2 fully saturated rings. The molecule has 3 atom stereocenters. The van der Waals surface area contributed by atoms with E-state index in [1.165, 1.54) is 29.5 Å². The minimum absolute atomic E-state index is 0.124. The van der Waals surface area contributed by atoms with Gasteiger partial charge in [-0.25, -0.2) is 19.9 Å². The predicted molar refractivity (Wildman–Crippen MR) is 178 cm³/mol. The lowest BCUT2D eigenvalue weighted by atomic mass is 9.98. The lowest BCUT2D eigenvalue weighted by Crippen LogP contribution is -2.47. The summed E-state index contributed by atoms with van der Waals surface area (Å²) in [6, 6.07) is 2.27. The highest BCUT2D eigenvalue weighted by molar-refractivity contribution is 6.07. The molecule has 2 N–H and O–H groups in total. The fourth-order valence-electron chi connectivity index (χ4n) is 7.03. The fourth-order valence-corrected chi connectivity index (χ4v) is 7.03. The molecule has 16 heteroatoms. The second kappa shape index (κ2) is 12.7. The van der Waals surface area contributed by atoms with E-state index in [1.807, 2.05) is 6.08 Å². The van der Waals surface area contributed by atoms with E-state index in [4.69, 9.17) is 4.98 Å². The van der Waals surface area contributed by atoms with Crippen LogP contribution >= 0.6 is 0 Å². The van der Waals surface area contributed by atoms with Crippen molar-refractivity contribution in [3.63, 3.8) is 0 Å². The smallest absolute Gasteiger partial charge is 0.355 e. The largest absolute Gasteiger partial charge is 0.433 e. The van der Waals surface area contributed by atoms with Crippen LogP contribution in [0.15, 0.2) is 36.7 Å². The summed E-state index contributed by atoms with van der Waals surface area (Å²) in [5, 5.41) is 10.5. The summed E-state index contributed by atoms with van der Waals surface area (Å²) in [6.45, 7) is 4.53. The van der Waals surface area contributed by atoms with Gasteiger partial charge in [-0.15, -0.1) is 0 Å². The van der Waals surface area contributed by atoms with Crippen LogP contribution in [0, 0.1) is 19.3 Å². The van der Waals surface area contributed by atoms with E-state index in [0.717, 1.165) is 6.07 Å². The molecule has 6 heterocycles. The second-order valence-electron chi connectivity index (χ2n) is 13.4. The SMILES string of the molecule is CC(=O)c1nn2c3c(nc(-c4cnc(C)nc4)cc13)/C=C\CCCC(=O)NC[C@@]13C[C@@H](C(=O)Nc4nc(C(F)(F)F)ccc4C)N(C(=O)C2)[C@@H]1C3. The Morgan fingerprint density at radius 3 is 2.57 bits per heavy atom. The average Bonchev–Trinajstić information content (AvgIpc) is 3.49. The van der Waals surface area contributed by atoms with E-state index in [0.29, 0.717) is 58.5 Å². The summed E-state index contributed by atoms with van der Waals surface area (Å²) in [6.07, 6.45) is 4.21. The van der Waals surface area contributed by atoms with E-state index in [2.05, 4.69) is 30.7 Å². The van der Waals surface area contributed by atoms with Crippen LogP contribution in [-0.4, -0.2) is 76.7 Å². The molecule has 4 aromatic heterocycles. The predicted octanol–water partition coefficient (Wildman–Crippen LogP) is 4.43. The monoisotopic (exact) mass is 701 g/mol. The van der Waals surface area contributed by atoms with Crippen LogP contribution in [0.1, 0.15) is 72.3 Å². The number of amides is 3. The molecular formula is C35H34F3N9O4. The molecule has 51 heavy (non-hydrogen) atoms. The molecule has 1 saturated carbocycles. The number of nitrogens with one attached hydrogen (secondary N) is 2. The summed E-state index contributed by atoms with van der Waals surface area (Å²) in [5.41, 5.74) is 0.638. The molecule has 0 aromatic carbocycles. The number of hydrogen-bond acceptors (Lipinski definition) is 9. The zero-order valence-electron chi connectivity index (χ0n) is 28.0. The second-order valence-corrected chi connectivity index (χ2v) is 13.4. The van der Waals surface area contributed by atoms with Crippen molar-refractivity contribution in [2.45, 2.75) is 77.7 Å². The van der Waals surface area contributed by atoms with E-state index >= 15 is 0 Å². The molecule has 2 aliphatic heterocycles. The lowest BCUT2D eigenvalue weighted by molar-refractivity contribution is -0.141. The third-order valence-corrected chi connectivity index (χ3v) is 9.77. The van der Waals surface area contributed by atoms with Gasteiger partial charge in [0.1, 0.15) is 35.6 Å². The van der Waals surface area contributed by atoms with Crippen LogP contribution in [0.3, 0.4) is 0 Å². The molecule has 7 rings (SSSR count). The Bertz CT molecular complexity index is 2130. The van der Waals surface area contributed by atoms with Gasteiger partial charge in [0.2, 0.25) is 17.7 Å². The lowest BCUT2D eigenvalue weighted by Gasteiger charge is -2.27. The van der Waals surface area contributed by atoms with Gasteiger partial charge in [0.15, 0.2) is 5.78 Å². The number of ketones is 1. The van der Waals surface area contributed by atoms with Crippen LogP contribution in [0.2, 0.25) is 0 Å². The number of Topliss-reactive ketones (excluding diaryl/α,β-unsaturated/α-hetero) is 1. The number of hydrogen-bond donors (Lipinski definition) is 2. The molecule has 1 saturated heterocycles. The van der Waals surface area contributed by atoms with E-state index < -0.39 is 41.2 Å². The molecule has 264 valence electrons. The van der Waals surface area contributed by atoms with E-state index in [9.17, 15) is 32.3 Å². The van der Waals surface area contributed by atoms with Crippen LogP contribution in [0.25, 0.3) is 28.2 Å². The fraction of sp³-hybridized carbons (Fsp3) is 0.400. The maximum atomic E-state index is 14.3. The van der Waals surface area contributed by atoms with Gasteiger partial charge >= 0.3 is 6.18 Å². The topological polar surface area (TPSA) is 165 Å². The van der Waals surface area contributed by atoms with E-state index in [1.54, 1.807) is 31.5 Å². The maximum absolute atomic E-state index is 14.3. The van der Waals surface area contributed by atoms with Crippen molar-refractivity contribution in [1.82, 2.24) is 39.9 Å². The Hall–Kier alpha value is -5.54. The normalized spacial score (nSPS) is 22.7. The third-order valence-electron chi connectivity index (χ3n) is 9.77. The number of allylic oxidation sites excluding steroid dienone is 1. The molecule has 13 nitrogen and oxygen atoms in total. The van der Waals surface area contributed by atoms with Gasteiger partial charge in [-0.3, -0.25) is 23.9 Å². The van der Waals surface area contributed by atoms with Crippen molar-refractivity contribution < 1.29 is 32.3 Å². The van der Waals surface area contributed by atoms with Crippen molar-refractivity contribution in [2.75, 3.05) is 11.9 Å². The van der Waals surface area contributed by atoms with Crippen LogP contribution in [-0.2, 0) is 27.1 Å². The number of nitrogens with zero attached hydrogens (tertiary/aromatic N) is 7. The molecule has 0 unspecified atom stereocenters. The Morgan fingerprint density at radius 2 is 1.84 bits per heavy atom. The molecule has 0 spiro atoms. The zero-order valence-corrected chi connectivity index (χ0v) is 28.0. The number of piperidine rings is 1. The number of alkyl halides is 3. The molecule has 3 aliphatic rings. The van der Waals surface area contributed by atoms with Crippen molar-refractivity contribution in [1.29, 1.82) is 0 Å². The highest BCUT2D eigenvalue weighted by Crippen LogP contribution is 2.59. The Balaban J connectivity index is 1.29. The number of carbonyl (C=O) groups excluding carboxylic acids is 4. The summed E-state index contributed by atoms with van der Waals surface area (Å²) in [5.74, 6) is -1.38. The van der Waals surface area contributed by atoms with Crippen molar-refractivity contribution in [3.05, 3.63) is 65.1 Å². The first-order valence-electron chi connectivity index (χ1n) is 16.6. The zero-order chi connectivity index (χ0) is 36.2. The van der Waals surface area contributed by atoms with E-state index in [-0.39, 0.29) is 49.1 Å². The average molecular weight is 702 g/mol. The molecule has 2 bridgehead atoms. The maximum Gasteiger partial charge on any atom is 0.433 e. The number of anilines is 1. The van der Waals surface area contributed by atoms with Gasteiger partial charge < -0.3 is 15.5 Å². The first-order chi connectivity index (χ1) is 24.2. The first-order valence-corrected chi connectivity index (χ1v) is 16.6. The number of carbonyl (C=O) groups is 4. The molecule has 1 aliphatic carbocycles.